The van der Waals surface area contributed by atoms with E-state index in [-0.39, 0.29) is 66.1 Å². The zero-order valence-electron chi connectivity index (χ0n) is 16.6. The molecular weight excluding hydrogens is 344 g/mol. The number of rotatable bonds is 6. The number of aryl methyl sites for hydroxylation is 2. The van der Waals surface area contributed by atoms with Gasteiger partial charge in [-0.25, -0.2) is 0 Å². The Hall–Kier alpha value is -2.56. The molecule has 0 fully saturated rings. The molecule has 1 aliphatic carbocycles. The maximum Gasteiger partial charge on any atom is 0.170 e. The molecule has 0 aliphatic heterocycles. The Morgan fingerprint density at radius 2 is 1.70 bits per heavy atom. The van der Waals surface area contributed by atoms with E-state index in [1.807, 2.05) is 26.8 Å². The number of allylic oxidation sites excluding steroid dienone is 2. The van der Waals surface area contributed by atoms with Gasteiger partial charge in [-0.3, -0.25) is 19.2 Å². The van der Waals surface area contributed by atoms with Gasteiger partial charge >= 0.3 is 0 Å². The van der Waals surface area contributed by atoms with Gasteiger partial charge in [0.05, 0.1) is 12.0 Å². The van der Waals surface area contributed by atoms with Gasteiger partial charge < -0.3 is 5.11 Å². The molecule has 1 aromatic rings. The Kier molecular flexibility index (Phi) is 6.14. The van der Waals surface area contributed by atoms with E-state index >= 15 is 0 Å². The van der Waals surface area contributed by atoms with E-state index in [9.17, 15) is 24.3 Å². The minimum atomic E-state index is -0.355. The average Bonchev–Trinajstić information content (AvgIpc) is 2.52. The van der Waals surface area contributed by atoms with Gasteiger partial charge in [-0.15, -0.1) is 0 Å². The lowest BCUT2D eigenvalue weighted by Gasteiger charge is -2.27. The van der Waals surface area contributed by atoms with E-state index < -0.39 is 0 Å². The molecule has 0 saturated heterocycles. The highest BCUT2D eigenvalue weighted by molar-refractivity contribution is 6.21. The van der Waals surface area contributed by atoms with Gasteiger partial charge in [0.2, 0.25) is 0 Å². The molecule has 2 rings (SSSR count). The van der Waals surface area contributed by atoms with Crippen LogP contribution in [0.25, 0.3) is 0 Å². The van der Waals surface area contributed by atoms with Crippen molar-refractivity contribution in [3.05, 3.63) is 45.2 Å². The van der Waals surface area contributed by atoms with Crippen molar-refractivity contribution in [1.82, 2.24) is 0 Å². The monoisotopic (exact) mass is 370 g/mol. The Bertz CT molecular complexity index is 873. The number of benzene rings is 1. The van der Waals surface area contributed by atoms with Crippen LogP contribution in [0.4, 0.5) is 0 Å². The summed E-state index contributed by atoms with van der Waals surface area (Å²) >= 11 is 0. The minimum absolute atomic E-state index is 0.0796. The van der Waals surface area contributed by atoms with Crippen molar-refractivity contribution in [2.75, 3.05) is 0 Å². The fourth-order valence-electron chi connectivity index (χ4n) is 4.16. The van der Waals surface area contributed by atoms with Crippen LogP contribution in [-0.2, 0) is 14.4 Å². The van der Waals surface area contributed by atoms with Crippen LogP contribution in [0.15, 0.2) is 17.4 Å². The van der Waals surface area contributed by atoms with Crippen molar-refractivity contribution in [3.63, 3.8) is 0 Å². The summed E-state index contributed by atoms with van der Waals surface area (Å²) in [6.07, 6.45) is 0.324. The van der Waals surface area contributed by atoms with E-state index in [0.29, 0.717) is 5.56 Å². The molecule has 144 valence electrons. The predicted molar refractivity (Wildman–Crippen MR) is 102 cm³/mol. The first-order chi connectivity index (χ1) is 12.6. The molecule has 0 bridgehead atoms. The van der Waals surface area contributed by atoms with Gasteiger partial charge in [0.15, 0.2) is 17.3 Å². The quantitative estimate of drug-likeness (QED) is 0.464. The minimum Gasteiger partial charge on any atom is -0.511 e. The predicted octanol–water partition coefficient (Wildman–Crippen LogP) is 4.01. The summed E-state index contributed by atoms with van der Waals surface area (Å²) < 4.78 is 0. The first-order valence-corrected chi connectivity index (χ1v) is 9.20. The second-order valence-corrected chi connectivity index (χ2v) is 7.35. The summed E-state index contributed by atoms with van der Waals surface area (Å²) in [5, 5.41) is 10.3. The lowest BCUT2D eigenvalue weighted by molar-refractivity contribution is -0.122. The van der Waals surface area contributed by atoms with E-state index in [1.54, 1.807) is 6.92 Å². The van der Waals surface area contributed by atoms with Crippen LogP contribution in [-0.4, -0.2) is 28.2 Å². The summed E-state index contributed by atoms with van der Waals surface area (Å²) in [6, 6.07) is 1.88. The second-order valence-electron chi connectivity index (χ2n) is 7.35. The molecular formula is C22H26O5. The van der Waals surface area contributed by atoms with Crippen LogP contribution in [0, 0.1) is 20.8 Å². The van der Waals surface area contributed by atoms with Gasteiger partial charge in [0, 0.05) is 24.8 Å². The van der Waals surface area contributed by atoms with Gasteiger partial charge in [-0.05, 0) is 55.9 Å². The first-order valence-electron chi connectivity index (χ1n) is 9.20. The van der Waals surface area contributed by atoms with Crippen molar-refractivity contribution in [1.29, 1.82) is 0 Å². The van der Waals surface area contributed by atoms with Crippen molar-refractivity contribution < 1.29 is 24.3 Å². The first kappa shape index (κ1) is 20.7. The van der Waals surface area contributed by atoms with E-state index in [1.165, 1.54) is 6.92 Å². The van der Waals surface area contributed by atoms with Crippen LogP contribution in [0.3, 0.4) is 0 Å². The highest BCUT2D eigenvalue weighted by Crippen LogP contribution is 2.39. The maximum atomic E-state index is 12.6. The fourth-order valence-corrected chi connectivity index (χ4v) is 4.16. The molecule has 5 heteroatoms. The molecule has 1 unspecified atom stereocenters. The second kappa shape index (κ2) is 7.99. The Morgan fingerprint density at radius 1 is 1.07 bits per heavy atom. The van der Waals surface area contributed by atoms with Crippen molar-refractivity contribution in [2.45, 2.75) is 66.2 Å². The number of aliphatic hydroxyl groups excluding tert-OH is 1. The number of carbonyl (C=O) groups excluding carboxylic acids is 4. The number of carbonyl (C=O) groups is 4. The maximum absolute atomic E-state index is 12.6. The molecule has 0 radical (unpaired) electrons. The summed E-state index contributed by atoms with van der Waals surface area (Å²) in [5.41, 5.74) is 3.75. The lowest BCUT2D eigenvalue weighted by Crippen LogP contribution is -2.24. The Labute approximate surface area is 159 Å². The van der Waals surface area contributed by atoms with Crippen LogP contribution in [0.2, 0.25) is 0 Å². The van der Waals surface area contributed by atoms with Gasteiger partial charge in [0.25, 0.3) is 0 Å². The molecule has 5 nitrogen and oxygen atoms in total. The number of aliphatic hydroxyl groups is 1. The van der Waals surface area contributed by atoms with Gasteiger partial charge in [-0.1, -0.05) is 13.0 Å². The normalized spacial score (nSPS) is 17.2. The highest BCUT2D eigenvalue weighted by atomic mass is 16.3. The molecule has 1 aliphatic rings. The third kappa shape index (κ3) is 4.07. The van der Waals surface area contributed by atoms with Gasteiger partial charge in [0.1, 0.15) is 11.5 Å². The fraction of sp³-hybridized carbons (Fsp3) is 0.455. The van der Waals surface area contributed by atoms with Crippen molar-refractivity contribution in [2.24, 2.45) is 0 Å². The summed E-state index contributed by atoms with van der Waals surface area (Å²) in [6.45, 7) is 8.60. The standard InChI is InChI=1S/C22H26O5/c1-6-16(24)22-18(26)9-15(10-19(22)27)20-11(2)7-12(3)21(14(20)5)17(25)8-13(4)23/h7,15,26H,6,8-10H2,1-5H3. The Balaban J connectivity index is 2.53. The number of ketones is 4. The van der Waals surface area contributed by atoms with Crippen LogP contribution < -0.4 is 0 Å². The zero-order chi connectivity index (χ0) is 20.5. The lowest BCUT2D eigenvalue weighted by atomic mass is 9.76. The molecule has 27 heavy (non-hydrogen) atoms. The molecule has 0 aromatic heterocycles. The third-order valence-corrected chi connectivity index (χ3v) is 5.17. The van der Waals surface area contributed by atoms with E-state index in [0.717, 1.165) is 22.3 Å². The van der Waals surface area contributed by atoms with Crippen LogP contribution in [0.5, 0.6) is 0 Å². The molecule has 0 amide bonds. The average molecular weight is 370 g/mol. The third-order valence-electron chi connectivity index (χ3n) is 5.17. The Morgan fingerprint density at radius 3 is 2.22 bits per heavy atom. The molecule has 0 heterocycles. The van der Waals surface area contributed by atoms with E-state index in [2.05, 4.69) is 0 Å². The number of hydrogen-bond acceptors (Lipinski definition) is 5. The summed E-state index contributed by atoms with van der Waals surface area (Å²) in [4.78, 5) is 48.4. The van der Waals surface area contributed by atoms with E-state index in [4.69, 9.17) is 0 Å². The van der Waals surface area contributed by atoms with Crippen LogP contribution >= 0.6 is 0 Å². The molecule has 1 atom stereocenters. The molecule has 0 spiro atoms. The molecule has 1 N–H and O–H groups in total. The van der Waals surface area contributed by atoms with Crippen molar-refractivity contribution >= 4 is 23.1 Å². The largest absolute Gasteiger partial charge is 0.511 e. The highest BCUT2D eigenvalue weighted by Gasteiger charge is 2.34. The number of Topliss-reactive ketones (excluding diaryl/α,β-unsaturated/α-hetero) is 4. The SMILES string of the molecule is CCC(=O)C1=C(O)CC(c2c(C)cc(C)c(C(=O)CC(C)=O)c2C)CC1=O. The smallest absolute Gasteiger partial charge is 0.170 e. The number of hydrogen-bond donors (Lipinski definition) is 1. The van der Waals surface area contributed by atoms with Gasteiger partial charge in [-0.2, -0.15) is 0 Å². The van der Waals surface area contributed by atoms with Crippen LogP contribution in [0.1, 0.15) is 78.1 Å². The molecule has 1 aromatic carbocycles. The topological polar surface area (TPSA) is 88.5 Å². The summed E-state index contributed by atoms with van der Waals surface area (Å²) in [7, 11) is 0. The van der Waals surface area contributed by atoms with Crippen molar-refractivity contribution in [3.8, 4) is 0 Å². The summed E-state index contributed by atoms with van der Waals surface area (Å²) in [5.74, 6) is -1.59. The molecule has 0 saturated carbocycles. The zero-order valence-corrected chi connectivity index (χ0v) is 16.6.